The number of rotatable bonds is 8. The van der Waals surface area contributed by atoms with Crippen molar-refractivity contribution in [2.75, 3.05) is 5.32 Å². The van der Waals surface area contributed by atoms with Crippen LogP contribution in [0, 0.1) is 10.1 Å². The van der Waals surface area contributed by atoms with Gasteiger partial charge in [-0.15, -0.1) is 20.5 Å². The maximum Gasteiger partial charge on any atom is 1.00 e. The molecule has 0 heterocycles. The van der Waals surface area contributed by atoms with E-state index in [9.17, 15) is 48.3 Å². The van der Waals surface area contributed by atoms with Gasteiger partial charge in [0.25, 0.3) is 15.8 Å². The molecule has 0 aliphatic rings. The summed E-state index contributed by atoms with van der Waals surface area (Å²) in [5.74, 6) is -1.69. The predicted octanol–water partition coefficient (Wildman–Crippen LogP) is 3.27. The van der Waals surface area contributed by atoms with E-state index < -0.39 is 48.7 Å². The van der Waals surface area contributed by atoms with Crippen LogP contribution in [-0.2, 0) is 32.3 Å². The van der Waals surface area contributed by atoms with Crippen molar-refractivity contribution in [3.63, 3.8) is 0 Å². The molecule has 0 spiro atoms. The van der Waals surface area contributed by atoms with Crippen molar-refractivity contribution in [3.05, 3.63) is 125 Å². The second kappa shape index (κ2) is 20.7. The topological polar surface area (TPSA) is 257 Å². The number of hydrogen-bond acceptors (Lipinski definition) is 13. The smallest absolute Gasteiger partial charge is 0.506 e. The Morgan fingerprint density at radius 1 is 0.750 bits per heavy atom. The number of azo groups is 2. The molecular weight excluding hydrogens is 830 g/mol. The quantitative estimate of drug-likeness (QED) is 0.0325. The third kappa shape index (κ3) is 11.6. The number of carbonyl (C=O) groups excluding carboxylic acids is 1. The van der Waals surface area contributed by atoms with E-state index in [1.807, 2.05) is 24.3 Å². The molecule has 21 heteroatoms. The summed E-state index contributed by atoms with van der Waals surface area (Å²) in [6.45, 7) is 3.32. The minimum absolute atomic E-state index is 0. The third-order valence-corrected chi connectivity index (χ3v) is 8.39. The second-order valence-electron chi connectivity index (χ2n) is 10.8. The first-order chi connectivity index (χ1) is 25.2. The summed E-state index contributed by atoms with van der Waals surface area (Å²) in [6, 6.07) is 23.4. The van der Waals surface area contributed by atoms with E-state index in [-0.39, 0.29) is 116 Å². The average Bonchev–Trinajstić information content (AvgIpc) is 3.12. The maximum atomic E-state index is 11.9. The molecule has 56 heavy (non-hydrogen) atoms. The summed E-state index contributed by atoms with van der Waals surface area (Å²) in [6.07, 6.45) is 1.03. The van der Waals surface area contributed by atoms with E-state index in [4.69, 9.17) is 11.6 Å². The SMILES string of the molecule is C=CC(=O)Nc1ccc2c(O)c(N=Nc3cc([N+](=O)[O-])ccc3O)c(S(=O)(=O)O)cc2c1.Oc1ccc(Cl)cc1N=Nc1c(O)ccc2ccccc12.[Cr].[Na+].[Na+]. The van der Waals surface area contributed by atoms with Crippen molar-refractivity contribution in [1.82, 2.24) is 0 Å². The number of phenolic OH excluding ortho intramolecular Hbond substituents is 4. The van der Waals surface area contributed by atoms with E-state index in [0.717, 1.165) is 41.1 Å². The fourth-order valence-corrected chi connectivity index (χ4v) is 5.58. The second-order valence-corrected chi connectivity index (χ2v) is 12.6. The van der Waals surface area contributed by atoms with Crippen molar-refractivity contribution in [2.45, 2.75) is 4.90 Å². The summed E-state index contributed by atoms with van der Waals surface area (Å²) >= 11 is 5.86. The number of nitro benzene ring substituents is 1. The number of fused-ring (bicyclic) bond motifs is 2. The minimum Gasteiger partial charge on any atom is -0.506 e. The van der Waals surface area contributed by atoms with Crippen LogP contribution < -0.4 is 64.4 Å². The summed E-state index contributed by atoms with van der Waals surface area (Å²) in [4.78, 5) is 20.8. The Labute approximate surface area is 377 Å². The minimum atomic E-state index is -4.91. The molecule has 0 atom stereocenters. The van der Waals surface area contributed by atoms with Crippen LogP contribution in [0.3, 0.4) is 0 Å². The van der Waals surface area contributed by atoms with Gasteiger partial charge in [0, 0.05) is 51.0 Å². The maximum absolute atomic E-state index is 11.9. The molecule has 0 aliphatic heterocycles. The zero-order chi connectivity index (χ0) is 38.4. The summed E-state index contributed by atoms with van der Waals surface area (Å²) < 4.78 is 33.4. The molecule has 0 saturated carbocycles. The van der Waals surface area contributed by atoms with E-state index in [2.05, 4.69) is 32.4 Å². The average molecular weight is 855 g/mol. The monoisotopic (exact) mass is 854 g/mol. The van der Waals surface area contributed by atoms with E-state index >= 15 is 0 Å². The van der Waals surface area contributed by atoms with Crippen molar-refractivity contribution in [1.29, 1.82) is 0 Å². The molecule has 1 amide bonds. The fourth-order valence-electron chi connectivity index (χ4n) is 4.75. The molecule has 6 aromatic rings. The Morgan fingerprint density at radius 3 is 2.00 bits per heavy atom. The summed E-state index contributed by atoms with van der Waals surface area (Å²) in [5.41, 5.74) is -0.582. The van der Waals surface area contributed by atoms with Gasteiger partial charge in [-0.05, 0) is 71.4 Å². The number of nitrogens with one attached hydrogen (secondary N) is 1. The molecule has 0 saturated heterocycles. The summed E-state index contributed by atoms with van der Waals surface area (Å²) in [5, 5.41) is 71.2. The van der Waals surface area contributed by atoms with Gasteiger partial charge in [0.2, 0.25) is 5.91 Å². The first-order valence-electron chi connectivity index (χ1n) is 14.9. The molecule has 6 N–H and O–H groups in total. The van der Waals surface area contributed by atoms with Gasteiger partial charge >= 0.3 is 59.1 Å². The van der Waals surface area contributed by atoms with Crippen LogP contribution in [0.1, 0.15) is 0 Å². The molecule has 0 fully saturated rings. The Morgan fingerprint density at radius 2 is 1.36 bits per heavy atom. The van der Waals surface area contributed by atoms with Gasteiger partial charge < -0.3 is 25.7 Å². The number of benzene rings is 6. The zero-order valence-corrected chi connectivity index (χ0v) is 36.1. The molecule has 16 nitrogen and oxygen atoms in total. The van der Waals surface area contributed by atoms with Crippen molar-refractivity contribution in [3.8, 4) is 23.0 Å². The van der Waals surface area contributed by atoms with Gasteiger partial charge in [-0.25, -0.2) is 0 Å². The number of amides is 1. The van der Waals surface area contributed by atoms with Crippen LogP contribution in [0.25, 0.3) is 21.5 Å². The van der Waals surface area contributed by atoms with Crippen LogP contribution in [0.4, 0.5) is 34.1 Å². The molecule has 0 unspecified atom stereocenters. The number of nitro groups is 1. The normalized spacial score (nSPS) is 10.8. The Balaban J connectivity index is 0.000000394. The van der Waals surface area contributed by atoms with Crippen LogP contribution >= 0.6 is 11.6 Å². The number of phenols is 4. The van der Waals surface area contributed by atoms with Crippen molar-refractivity contribution >= 4 is 83.3 Å². The first kappa shape index (κ1) is 47.7. The molecule has 0 aromatic heterocycles. The standard InChI is InChI=1S/C19H14N4O8S.C16H11ClN2O2.Cr.2Na/c1-2-17(25)20-11-3-5-13-10(7-11)8-16(32(29,30)31)18(19(13)26)22-21-14-9-12(23(27)28)4-6-15(14)24;17-11-6-8-14(20)13(9-11)18-19-16-12-4-2-1-3-10(12)5-7-15(16)21;;;/h2-9,24,26H,1H2,(H,20,25)(H,29,30,31);1-9,20-21H;;;/q;;;2*+1. The van der Waals surface area contributed by atoms with E-state index in [1.165, 1.54) is 30.3 Å². The number of hydrogen-bond donors (Lipinski definition) is 6. The number of carbonyl (C=O) groups is 1. The Kier molecular flexibility index (Phi) is 17.6. The Hall–Kier alpha value is -4.42. The van der Waals surface area contributed by atoms with Crippen molar-refractivity contribution < 1.29 is 120 Å². The van der Waals surface area contributed by atoms with E-state index in [0.29, 0.717) is 10.7 Å². The Bertz CT molecular complexity index is 2640. The summed E-state index contributed by atoms with van der Waals surface area (Å²) in [7, 11) is -4.91. The number of nitrogens with zero attached hydrogens (tertiary/aromatic N) is 5. The molecule has 6 rings (SSSR count). The van der Waals surface area contributed by atoms with Crippen LogP contribution in [-0.4, -0.2) is 44.2 Å². The van der Waals surface area contributed by atoms with Crippen LogP contribution in [0.2, 0.25) is 5.02 Å². The molecule has 0 bridgehead atoms. The predicted molar refractivity (Wildman–Crippen MR) is 196 cm³/mol. The molecular formula is C35H25ClCrN6Na2O10S+2. The van der Waals surface area contributed by atoms with Gasteiger partial charge in [-0.1, -0.05) is 48.5 Å². The molecule has 274 valence electrons. The molecule has 0 aliphatic carbocycles. The number of anilines is 1. The molecule has 6 aromatic carbocycles. The van der Waals surface area contributed by atoms with E-state index in [1.54, 1.807) is 18.2 Å². The van der Waals surface area contributed by atoms with Crippen molar-refractivity contribution in [2.24, 2.45) is 20.5 Å². The van der Waals surface area contributed by atoms with Gasteiger partial charge in [0.1, 0.15) is 44.9 Å². The third-order valence-electron chi connectivity index (χ3n) is 7.28. The molecule has 0 radical (unpaired) electrons. The number of halogens is 1. The van der Waals surface area contributed by atoms with Crippen LogP contribution in [0.15, 0.2) is 135 Å². The number of aromatic hydroxyl groups is 4. The van der Waals surface area contributed by atoms with Gasteiger partial charge in [-0.2, -0.15) is 8.42 Å². The fraction of sp³-hybridized carbons (Fsp3) is 0. The van der Waals surface area contributed by atoms with Gasteiger partial charge in [0.05, 0.1) is 4.92 Å². The number of non-ortho nitro benzene ring substituents is 1. The first-order valence-corrected chi connectivity index (χ1v) is 16.7. The van der Waals surface area contributed by atoms with Gasteiger partial charge in [0.15, 0.2) is 5.75 Å². The van der Waals surface area contributed by atoms with Gasteiger partial charge in [-0.3, -0.25) is 19.5 Å². The zero-order valence-electron chi connectivity index (χ0n) is 29.2. The largest absolute Gasteiger partial charge is 1.00 e. The van der Waals surface area contributed by atoms with Crippen LogP contribution in [0.5, 0.6) is 23.0 Å².